The molecule has 1 aromatic carbocycles. The van der Waals surface area contributed by atoms with Crippen LogP contribution in [0.1, 0.15) is 12.8 Å². The minimum atomic E-state index is -0.532. The SMILES string of the molecule is COc1ccc(N2CCCC(N)C2=O)cc1[N+](=O)[O-]. The fourth-order valence-corrected chi connectivity index (χ4v) is 2.15. The average Bonchev–Trinajstić information content (AvgIpc) is 2.41. The molecule has 7 heteroatoms. The standard InChI is InChI=1S/C12H15N3O4/c1-19-11-5-4-8(7-10(11)15(17)18)14-6-2-3-9(13)12(14)16/h4-5,7,9H,2-3,6,13H2,1H3. The molecule has 0 bridgehead atoms. The van der Waals surface area contributed by atoms with E-state index in [2.05, 4.69) is 0 Å². The molecular formula is C12H15N3O4. The van der Waals surface area contributed by atoms with Crippen LogP contribution >= 0.6 is 0 Å². The summed E-state index contributed by atoms with van der Waals surface area (Å²) >= 11 is 0. The van der Waals surface area contributed by atoms with E-state index in [1.165, 1.54) is 24.1 Å². The number of carbonyl (C=O) groups is 1. The lowest BCUT2D eigenvalue weighted by atomic mass is 10.0. The molecule has 102 valence electrons. The number of nitro groups is 1. The molecule has 0 saturated carbocycles. The summed E-state index contributed by atoms with van der Waals surface area (Å²) in [5.41, 5.74) is 6.03. The quantitative estimate of drug-likeness (QED) is 0.650. The summed E-state index contributed by atoms with van der Waals surface area (Å²) in [6.45, 7) is 0.524. The first-order valence-corrected chi connectivity index (χ1v) is 5.94. The van der Waals surface area contributed by atoms with Crippen LogP contribution in [-0.4, -0.2) is 30.5 Å². The monoisotopic (exact) mass is 265 g/mol. The second kappa shape index (κ2) is 5.23. The molecule has 2 rings (SSSR count). The molecule has 19 heavy (non-hydrogen) atoms. The predicted molar refractivity (Wildman–Crippen MR) is 69.2 cm³/mol. The molecule has 0 spiro atoms. The van der Waals surface area contributed by atoms with E-state index in [0.717, 1.165) is 6.42 Å². The van der Waals surface area contributed by atoms with Crippen molar-refractivity contribution in [3.05, 3.63) is 28.3 Å². The zero-order valence-corrected chi connectivity index (χ0v) is 10.5. The largest absolute Gasteiger partial charge is 0.490 e. The van der Waals surface area contributed by atoms with Gasteiger partial charge < -0.3 is 15.4 Å². The fraction of sp³-hybridized carbons (Fsp3) is 0.417. The van der Waals surface area contributed by atoms with Crippen molar-refractivity contribution >= 4 is 17.3 Å². The van der Waals surface area contributed by atoms with Gasteiger partial charge in [-0.25, -0.2) is 0 Å². The minimum Gasteiger partial charge on any atom is -0.490 e. The Morgan fingerprint density at radius 2 is 2.26 bits per heavy atom. The van der Waals surface area contributed by atoms with Crippen molar-refractivity contribution in [2.45, 2.75) is 18.9 Å². The Kier molecular flexibility index (Phi) is 3.66. The average molecular weight is 265 g/mol. The van der Waals surface area contributed by atoms with Gasteiger partial charge in [0.15, 0.2) is 5.75 Å². The van der Waals surface area contributed by atoms with Gasteiger partial charge >= 0.3 is 5.69 Å². The van der Waals surface area contributed by atoms with Gasteiger partial charge in [-0.1, -0.05) is 0 Å². The topological polar surface area (TPSA) is 98.7 Å². The lowest BCUT2D eigenvalue weighted by molar-refractivity contribution is -0.385. The first kappa shape index (κ1) is 13.3. The van der Waals surface area contributed by atoms with Gasteiger partial charge in [0.1, 0.15) is 0 Å². The van der Waals surface area contributed by atoms with Crippen molar-refractivity contribution in [2.24, 2.45) is 5.73 Å². The summed E-state index contributed by atoms with van der Waals surface area (Å²) in [6, 6.07) is 3.92. The van der Waals surface area contributed by atoms with E-state index in [9.17, 15) is 14.9 Å². The zero-order chi connectivity index (χ0) is 14.0. The van der Waals surface area contributed by atoms with E-state index in [4.69, 9.17) is 10.5 Å². The number of nitrogens with zero attached hydrogens (tertiary/aromatic N) is 2. The van der Waals surface area contributed by atoms with Gasteiger partial charge in [0.25, 0.3) is 0 Å². The van der Waals surface area contributed by atoms with Crippen molar-refractivity contribution < 1.29 is 14.5 Å². The van der Waals surface area contributed by atoms with Crippen molar-refractivity contribution in [1.82, 2.24) is 0 Å². The van der Waals surface area contributed by atoms with Gasteiger partial charge in [-0.3, -0.25) is 14.9 Å². The number of carbonyl (C=O) groups excluding carboxylic acids is 1. The van der Waals surface area contributed by atoms with Gasteiger partial charge in [0.05, 0.1) is 23.8 Å². The maximum absolute atomic E-state index is 12.0. The number of nitrogens with two attached hydrogens (primary N) is 1. The van der Waals surface area contributed by atoms with Gasteiger partial charge in [-0.05, 0) is 25.0 Å². The van der Waals surface area contributed by atoms with Crippen LogP contribution in [0, 0.1) is 10.1 Å². The van der Waals surface area contributed by atoms with E-state index < -0.39 is 11.0 Å². The van der Waals surface area contributed by atoms with Crippen molar-refractivity contribution in [2.75, 3.05) is 18.6 Å². The molecule has 1 aromatic rings. The highest BCUT2D eigenvalue weighted by Crippen LogP contribution is 2.32. The van der Waals surface area contributed by atoms with Crippen LogP contribution in [0.25, 0.3) is 0 Å². The van der Waals surface area contributed by atoms with Crippen molar-refractivity contribution in [1.29, 1.82) is 0 Å². The summed E-state index contributed by atoms with van der Waals surface area (Å²) < 4.78 is 4.93. The molecule has 1 aliphatic rings. The number of rotatable bonds is 3. The highest BCUT2D eigenvalue weighted by atomic mass is 16.6. The summed E-state index contributed by atoms with van der Waals surface area (Å²) in [5.74, 6) is -0.0341. The summed E-state index contributed by atoms with van der Waals surface area (Å²) in [6.07, 6.45) is 1.43. The smallest absolute Gasteiger partial charge is 0.312 e. The van der Waals surface area contributed by atoms with Crippen LogP contribution in [-0.2, 0) is 4.79 Å². The van der Waals surface area contributed by atoms with E-state index in [-0.39, 0.29) is 17.3 Å². The molecule has 0 aliphatic carbocycles. The maximum Gasteiger partial charge on any atom is 0.312 e. The minimum absolute atomic E-state index is 0.160. The number of anilines is 1. The third-order valence-electron chi connectivity index (χ3n) is 3.15. The number of piperidine rings is 1. The second-order valence-corrected chi connectivity index (χ2v) is 4.35. The Bertz CT molecular complexity index is 518. The third kappa shape index (κ3) is 2.50. The van der Waals surface area contributed by atoms with Crippen LogP contribution in [0.15, 0.2) is 18.2 Å². The molecule has 0 radical (unpaired) electrons. The van der Waals surface area contributed by atoms with Crippen molar-refractivity contribution in [3.8, 4) is 5.75 Å². The van der Waals surface area contributed by atoms with E-state index >= 15 is 0 Å². The molecule has 2 N–H and O–H groups in total. The molecule has 1 unspecified atom stereocenters. The number of nitro benzene ring substituents is 1. The number of benzene rings is 1. The number of hydrogen-bond donors (Lipinski definition) is 1. The highest BCUT2D eigenvalue weighted by Gasteiger charge is 2.28. The molecule has 1 saturated heterocycles. The van der Waals surface area contributed by atoms with Gasteiger partial charge in [-0.2, -0.15) is 0 Å². The van der Waals surface area contributed by atoms with Crippen LogP contribution in [0.5, 0.6) is 5.75 Å². The lowest BCUT2D eigenvalue weighted by Crippen LogP contribution is -2.48. The van der Waals surface area contributed by atoms with Crippen LogP contribution in [0.2, 0.25) is 0 Å². The number of amides is 1. The molecule has 1 fully saturated rings. The summed E-state index contributed by atoms with van der Waals surface area (Å²) in [7, 11) is 1.37. The molecule has 1 amide bonds. The van der Waals surface area contributed by atoms with Gasteiger partial charge in [0, 0.05) is 12.6 Å². The first-order valence-electron chi connectivity index (χ1n) is 5.94. The van der Waals surface area contributed by atoms with Gasteiger partial charge in [-0.15, -0.1) is 0 Å². The Hall–Kier alpha value is -2.15. The molecule has 0 aromatic heterocycles. The third-order valence-corrected chi connectivity index (χ3v) is 3.15. The normalized spacial score (nSPS) is 19.4. The van der Waals surface area contributed by atoms with E-state index in [0.29, 0.717) is 18.7 Å². The molecular weight excluding hydrogens is 250 g/mol. The molecule has 1 heterocycles. The van der Waals surface area contributed by atoms with Gasteiger partial charge in [0.2, 0.25) is 5.91 Å². The first-order chi connectivity index (χ1) is 9.04. The zero-order valence-electron chi connectivity index (χ0n) is 10.5. The Morgan fingerprint density at radius 1 is 1.53 bits per heavy atom. The maximum atomic E-state index is 12.0. The fourth-order valence-electron chi connectivity index (χ4n) is 2.15. The van der Waals surface area contributed by atoms with E-state index in [1.807, 2.05) is 0 Å². The van der Waals surface area contributed by atoms with Crippen LogP contribution in [0.3, 0.4) is 0 Å². The number of hydrogen-bond acceptors (Lipinski definition) is 5. The number of ether oxygens (including phenoxy) is 1. The molecule has 1 atom stereocenters. The van der Waals surface area contributed by atoms with Crippen molar-refractivity contribution in [3.63, 3.8) is 0 Å². The number of methoxy groups -OCH3 is 1. The summed E-state index contributed by atoms with van der Waals surface area (Å²) in [5, 5.41) is 11.0. The predicted octanol–water partition coefficient (Wildman–Crippen LogP) is 1.06. The Labute approximate surface area is 110 Å². The molecule has 1 aliphatic heterocycles. The second-order valence-electron chi connectivity index (χ2n) is 4.35. The Balaban J connectivity index is 2.37. The Morgan fingerprint density at radius 3 is 2.89 bits per heavy atom. The van der Waals surface area contributed by atoms with Crippen LogP contribution < -0.4 is 15.4 Å². The summed E-state index contributed by atoms with van der Waals surface area (Å²) in [4.78, 5) is 23.9. The van der Waals surface area contributed by atoms with E-state index in [1.54, 1.807) is 6.07 Å². The lowest BCUT2D eigenvalue weighted by Gasteiger charge is -2.30. The highest BCUT2D eigenvalue weighted by molar-refractivity contribution is 5.98. The van der Waals surface area contributed by atoms with Crippen LogP contribution in [0.4, 0.5) is 11.4 Å². The molecule has 7 nitrogen and oxygen atoms in total.